The van der Waals surface area contributed by atoms with Crippen molar-refractivity contribution in [1.29, 1.82) is 0 Å². The number of phenolic OH excluding ortho intramolecular Hbond substituents is 1. The second-order valence-electron chi connectivity index (χ2n) is 5.95. The monoisotopic (exact) mass is 324 g/mol. The fourth-order valence-electron chi connectivity index (χ4n) is 2.24. The number of aromatic hydroxyl groups is 1. The van der Waals surface area contributed by atoms with Crippen LogP contribution in [0, 0.1) is 5.41 Å². The van der Waals surface area contributed by atoms with Crippen molar-refractivity contribution in [3.8, 4) is 11.5 Å². The van der Waals surface area contributed by atoms with Gasteiger partial charge in [0.15, 0.2) is 23.1 Å². The van der Waals surface area contributed by atoms with Crippen molar-refractivity contribution < 1.29 is 19.4 Å². The van der Waals surface area contributed by atoms with E-state index in [0.29, 0.717) is 16.9 Å². The van der Waals surface area contributed by atoms with E-state index in [-0.39, 0.29) is 17.3 Å². The largest absolute Gasteiger partial charge is 0.504 e. The summed E-state index contributed by atoms with van der Waals surface area (Å²) in [4.78, 5) is 25.0. The number of carbonyl (C=O) groups excluding carboxylic acids is 2. The van der Waals surface area contributed by atoms with Gasteiger partial charge in [0, 0.05) is 5.56 Å². The van der Waals surface area contributed by atoms with E-state index in [1.165, 1.54) is 19.3 Å². The Bertz CT molecular complexity index is 773. The normalized spacial score (nSPS) is 11.5. The van der Waals surface area contributed by atoms with Crippen LogP contribution in [-0.4, -0.2) is 23.8 Å². The third-order valence-corrected chi connectivity index (χ3v) is 3.85. The summed E-state index contributed by atoms with van der Waals surface area (Å²) in [5.41, 5.74) is 0.0512. The van der Waals surface area contributed by atoms with Crippen LogP contribution in [0.2, 0.25) is 0 Å². The average molecular weight is 324 g/mol. The number of rotatable bonds is 6. The molecule has 0 aromatic heterocycles. The zero-order chi connectivity index (χ0) is 17.7. The summed E-state index contributed by atoms with van der Waals surface area (Å²) in [5, 5.41) is 9.58. The zero-order valence-electron chi connectivity index (χ0n) is 13.9. The van der Waals surface area contributed by atoms with Gasteiger partial charge in [-0.15, -0.1) is 0 Å². The van der Waals surface area contributed by atoms with Crippen molar-refractivity contribution in [2.24, 2.45) is 5.41 Å². The predicted molar refractivity (Wildman–Crippen MR) is 93.3 cm³/mol. The molecule has 1 N–H and O–H groups in total. The van der Waals surface area contributed by atoms with E-state index in [4.69, 9.17) is 4.74 Å². The molecule has 0 aliphatic carbocycles. The molecule has 124 valence electrons. The highest BCUT2D eigenvalue weighted by atomic mass is 16.5. The number of hydrogen-bond donors (Lipinski definition) is 1. The summed E-state index contributed by atoms with van der Waals surface area (Å²) >= 11 is 0. The summed E-state index contributed by atoms with van der Waals surface area (Å²) in [6.45, 7) is 3.23. The highest BCUT2D eigenvalue weighted by molar-refractivity contribution is 6.17. The van der Waals surface area contributed by atoms with Gasteiger partial charge in [-0.25, -0.2) is 0 Å². The number of ether oxygens (including phenoxy) is 1. The molecule has 0 aliphatic rings. The molecule has 2 aromatic rings. The molecule has 2 aromatic carbocycles. The van der Waals surface area contributed by atoms with E-state index in [1.807, 2.05) is 6.07 Å². The summed E-state index contributed by atoms with van der Waals surface area (Å²) < 4.78 is 5.03. The van der Waals surface area contributed by atoms with E-state index in [9.17, 15) is 14.7 Å². The predicted octanol–water partition coefficient (Wildman–Crippen LogP) is 3.89. The lowest BCUT2D eigenvalue weighted by atomic mass is 9.80. The van der Waals surface area contributed by atoms with Crippen LogP contribution in [0.5, 0.6) is 11.5 Å². The van der Waals surface area contributed by atoms with E-state index in [2.05, 4.69) is 0 Å². The number of methoxy groups -OCH3 is 1. The molecule has 0 fully saturated rings. The van der Waals surface area contributed by atoms with Crippen LogP contribution in [0.3, 0.4) is 0 Å². The molecule has 0 spiro atoms. The number of benzene rings is 2. The Morgan fingerprint density at radius 2 is 1.75 bits per heavy atom. The number of carbonyl (C=O) groups is 2. The number of phenols is 1. The van der Waals surface area contributed by atoms with Crippen LogP contribution < -0.4 is 4.74 Å². The molecule has 0 bridgehead atoms. The maximum absolute atomic E-state index is 12.6. The molecule has 0 radical (unpaired) electrons. The van der Waals surface area contributed by atoms with Gasteiger partial charge in [-0.05, 0) is 37.6 Å². The number of hydrogen-bond acceptors (Lipinski definition) is 4. The van der Waals surface area contributed by atoms with E-state index >= 15 is 0 Å². The summed E-state index contributed by atoms with van der Waals surface area (Å²) in [5.74, 6) is -0.158. The molecule has 0 unspecified atom stereocenters. The summed E-state index contributed by atoms with van der Waals surface area (Å²) in [6, 6.07) is 13.5. The Labute approximate surface area is 141 Å². The first-order valence-electron chi connectivity index (χ1n) is 7.55. The van der Waals surface area contributed by atoms with Gasteiger partial charge in [-0.1, -0.05) is 42.5 Å². The Morgan fingerprint density at radius 3 is 2.38 bits per heavy atom. The minimum absolute atomic E-state index is 0.0283. The lowest BCUT2D eigenvalue weighted by Gasteiger charge is -2.19. The van der Waals surface area contributed by atoms with Crippen LogP contribution in [0.15, 0.2) is 54.6 Å². The van der Waals surface area contributed by atoms with Gasteiger partial charge in [0.1, 0.15) is 0 Å². The third kappa shape index (κ3) is 3.71. The fraction of sp³-hybridized carbons (Fsp3) is 0.200. The van der Waals surface area contributed by atoms with Gasteiger partial charge < -0.3 is 9.84 Å². The average Bonchev–Trinajstić information content (AvgIpc) is 2.60. The van der Waals surface area contributed by atoms with Crippen LogP contribution in [-0.2, 0) is 4.79 Å². The summed E-state index contributed by atoms with van der Waals surface area (Å²) in [7, 11) is 1.45. The summed E-state index contributed by atoms with van der Waals surface area (Å²) in [6.07, 6.45) is 2.98. The first kappa shape index (κ1) is 17.5. The molecule has 0 amide bonds. The molecule has 0 aliphatic heterocycles. The van der Waals surface area contributed by atoms with Gasteiger partial charge in [0.2, 0.25) is 0 Å². The van der Waals surface area contributed by atoms with Crippen molar-refractivity contribution in [2.45, 2.75) is 13.8 Å². The van der Waals surface area contributed by atoms with Crippen molar-refractivity contribution in [3.63, 3.8) is 0 Å². The molecule has 0 atom stereocenters. The van der Waals surface area contributed by atoms with Crippen molar-refractivity contribution in [3.05, 3.63) is 65.7 Å². The van der Waals surface area contributed by atoms with Crippen LogP contribution >= 0.6 is 0 Å². The minimum Gasteiger partial charge on any atom is -0.504 e. The fourth-order valence-corrected chi connectivity index (χ4v) is 2.24. The number of ketones is 2. The Hall–Kier alpha value is -2.88. The minimum atomic E-state index is -1.15. The standard InChI is InChI=1S/C20H20O4/c1-20(2,19(23)15-7-5-4-6-8-15)18(22)12-10-14-9-11-16(21)17(13-14)24-3/h4-13,21H,1-3H3. The molecule has 2 rings (SSSR count). The zero-order valence-corrected chi connectivity index (χ0v) is 13.9. The molecule has 24 heavy (non-hydrogen) atoms. The van der Waals surface area contributed by atoms with Gasteiger partial charge in [-0.3, -0.25) is 9.59 Å². The van der Waals surface area contributed by atoms with Crippen LogP contribution in [0.1, 0.15) is 29.8 Å². The second kappa shape index (κ2) is 7.13. The van der Waals surface area contributed by atoms with E-state index < -0.39 is 5.41 Å². The maximum atomic E-state index is 12.6. The quantitative estimate of drug-likeness (QED) is 0.497. The SMILES string of the molecule is COc1cc(C=CC(=O)C(C)(C)C(=O)c2ccccc2)ccc1O. The molecule has 0 saturated carbocycles. The number of allylic oxidation sites excluding steroid dienone is 1. The number of Topliss-reactive ketones (excluding diaryl/α,β-unsaturated/α-hetero) is 1. The van der Waals surface area contributed by atoms with Crippen molar-refractivity contribution >= 4 is 17.6 Å². The molecule has 0 saturated heterocycles. The molecular weight excluding hydrogens is 304 g/mol. The third-order valence-electron chi connectivity index (χ3n) is 3.85. The van der Waals surface area contributed by atoms with Gasteiger partial charge in [0.25, 0.3) is 0 Å². The Morgan fingerprint density at radius 1 is 1.08 bits per heavy atom. The lowest BCUT2D eigenvalue weighted by Crippen LogP contribution is -2.32. The van der Waals surface area contributed by atoms with E-state index in [0.717, 1.165) is 0 Å². The molecule has 4 heteroatoms. The van der Waals surface area contributed by atoms with Crippen molar-refractivity contribution in [2.75, 3.05) is 7.11 Å². The maximum Gasteiger partial charge on any atom is 0.176 e. The highest BCUT2D eigenvalue weighted by Gasteiger charge is 2.34. The lowest BCUT2D eigenvalue weighted by molar-refractivity contribution is -0.120. The van der Waals surface area contributed by atoms with Crippen molar-refractivity contribution in [1.82, 2.24) is 0 Å². The molecular formula is C20H20O4. The highest BCUT2D eigenvalue weighted by Crippen LogP contribution is 2.28. The second-order valence-corrected chi connectivity index (χ2v) is 5.95. The first-order chi connectivity index (χ1) is 11.4. The van der Waals surface area contributed by atoms with Gasteiger partial charge >= 0.3 is 0 Å². The van der Waals surface area contributed by atoms with E-state index in [1.54, 1.807) is 56.3 Å². The first-order valence-corrected chi connectivity index (χ1v) is 7.55. The van der Waals surface area contributed by atoms with Crippen LogP contribution in [0.25, 0.3) is 6.08 Å². The topological polar surface area (TPSA) is 63.6 Å². The van der Waals surface area contributed by atoms with Gasteiger partial charge in [-0.2, -0.15) is 0 Å². The molecule has 0 heterocycles. The van der Waals surface area contributed by atoms with Crippen LogP contribution in [0.4, 0.5) is 0 Å². The Balaban J connectivity index is 2.20. The molecule has 4 nitrogen and oxygen atoms in total. The smallest absolute Gasteiger partial charge is 0.176 e. The van der Waals surface area contributed by atoms with Gasteiger partial charge in [0.05, 0.1) is 12.5 Å². The Kier molecular flexibility index (Phi) is 5.19.